The summed E-state index contributed by atoms with van der Waals surface area (Å²) in [6.07, 6.45) is 1.32. The third-order valence-corrected chi connectivity index (χ3v) is 2.69. The van der Waals surface area contributed by atoms with Crippen LogP contribution in [0.5, 0.6) is 5.75 Å². The number of para-hydroxylation sites is 1. The summed E-state index contributed by atoms with van der Waals surface area (Å²) in [6.45, 7) is 2.15. The molecule has 0 bridgehead atoms. The maximum absolute atomic E-state index is 5.80. The molecule has 2 heteroatoms. The molecule has 2 atom stereocenters. The molecule has 2 unspecified atom stereocenters. The second-order valence-corrected chi connectivity index (χ2v) is 3.55. The largest absolute Gasteiger partial charge is 0.488 e. The number of rotatable bonds is 2. The van der Waals surface area contributed by atoms with Crippen molar-refractivity contribution in [2.75, 3.05) is 7.05 Å². The molecule has 0 amide bonds. The van der Waals surface area contributed by atoms with Gasteiger partial charge in [-0.3, -0.25) is 0 Å². The van der Waals surface area contributed by atoms with Crippen LogP contribution in [0.2, 0.25) is 0 Å². The van der Waals surface area contributed by atoms with E-state index in [9.17, 15) is 0 Å². The Morgan fingerprint density at radius 3 is 2.92 bits per heavy atom. The first-order valence-corrected chi connectivity index (χ1v) is 4.73. The SMILES string of the molecule is CNC(C)C1Cc2ccccc2O1. The van der Waals surface area contributed by atoms with Crippen molar-refractivity contribution in [3.05, 3.63) is 29.8 Å². The highest BCUT2D eigenvalue weighted by molar-refractivity contribution is 5.37. The second kappa shape index (κ2) is 3.38. The van der Waals surface area contributed by atoms with E-state index in [1.807, 2.05) is 19.2 Å². The Balaban J connectivity index is 2.14. The fourth-order valence-electron chi connectivity index (χ4n) is 1.67. The van der Waals surface area contributed by atoms with Gasteiger partial charge in [0.2, 0.25) is 0 Å². The van der Waals surface area contributed by atoms with Gasteiger partial charge in [-0.15, -0.1) is 0 Å². The molecule has 70 valence electrons. The highest BCUT2D eigenvalue weighted by atomic mass is 16.5. The molecule has 1 aromatic carbocycles. The lowest BCUT2D eigenvalue weighted by molar-refractivity contribution is 0.191. The predicted molar refractivity (Wildman–Crippen MR) is 53.1 cm³/mol. The smallest absolute Gasteiger partial charge is 0.123 e. The molecule has 2 nitrogen and oxygen atoms in total. The van der Waals surface area contributed by atoms with Crippen molar-refractivity contribution in [3.8, 4) is 5.75 Å². The topological polar surface area (TPSA) is 21.3 Å². The monoisotopic (exact) mass is 177 g/mol. The lowest BCUT2D eigenvalue weighted by Crippen LogP contribution is -2.37. The lowest BCUT2D eigenvalue weighted by atomic mass is 10.1. The number of hydrogen-bond donors (Lipinski definition) is 1. The van der Waals surface area contributed by atoms with Crippen molar-refractivity contribution in [3.63, 3.8) is 0 Å². The summed E-state index contributed by atoms with van der Waals surface area (Å²) in [5, 5.41) is 3.22. The standard InChI is InChI=1S/C11H15NO/c1-8(12-2)11-7-9-5-3-4-6-10(9)13-11/h3-6,8,11-12H,7H2,1-2H3. The molecule has 0 aromatic heterocycles. The molecule has 1 aromatic rings. The first-order chi connectivity index (χ1) is 6.31. The van der Waals surface area contributed by atoms with Crippen LogP contribution in [0.4, 0.5) is 0 Å². The van der Waals surface area contributed by atoms with E-state index in [4.69, 9.17) is 4.74 Å². The van der Waals surface area contributed by atoms with E-state index < -0.39 is 0 Å². The van der Waals surface area contributed by atoms with Gasteiger partial charge in [0.05, 0.1) is 0 Å². The summed E-state index contributed by atoms with van der Waals surface area (Å²) in [6, 6.07) is 8.67. The first-order valence-electron chi connectivity index (χ1n) is 4.73. The van der Waals surface area contributed by atoms with E-state index >= 15 is 0 Å². The molecule has 0 spiro atoms. The summed E-state index contributed by atoms with van der Waals surface area (Å²) >= 11 is 0. The highest BCUT2D eigenvalue weighted by Gasteiger charge is 2.26. The van der Waals surface area contributed by atoms with Gasteiger partial charge in [0, 0.05) is 12.5 Å². The Labute approximate surface area is 78.9 Å². The van der Waals surface area contributed by atoms with Gasteiger partial charge < -0.3 is 10.1 Å². The summed E-state index contributed by atoms with van der Waals surface area (Å²) in [5.41, 5.74) is 1.33. The van der Waals surface area contributed by atoms with Crippen LogP contribution in [0, 0.1) is 0 Å². The molecule has 1 aliphatic rings. The van der Waals surface area contributed by atoms with Crippen molar-refractivity contribution >= 4 is 0 Å². The van der Waals surface area contributed by atoms with Crippen LogP contribution in [-0.4, -0.2) is 19.2 Å². The fourth-order valence-corrected chi connectivity index (χ4v) is 1.67. The average Bonchev–Trinajstić information content (AvgIpc) is 2.59. The van der Waals surface area contributed by atoms with Crippen LogP contribution >= 0.6 is 0 Å². The first kappa shape index (κ1) is 8.57. The quantitative estimate of drug-likeness (QED) is 0.740. The van der Waals surface area contributed by atoms with Gasteiger partial charge in [-0.05, 0) is 25.6 Å². The number of nitrogens with one attached hydrogen (secondary N) is 1. The Bertz CT molecular complexity index is 273. The van der Waals surface area contributed by atoms with Gasteiger partial charge in [-0.2, -0.15) is 0 Å². The van der Waals surface area contributed by atoms with Crippen LogP contribution in [0.25, 0.3) is 0 Å². The van der Waals surface area contributed by atoms with Gasteiger partial charge in [0.15, 0.2) is 0 Å². The van der Waals surface area contributed by atoms with Crippen LogP contribution in [-0.2, 0) is 6.42 Å². The molecule has 2 rings (SSSR count). The summed E-state index contributed by atoms with van der Waals surface area (Å²) in [7, 11) is 1.97. The molecule has 0 saturated carbocycles. The molecule has 0 saturated heterocycles. The highest BCUT2D eigenvalue weighted by Crippen LogP contribution is 2.29. The third kappa shape index (κ3) is 1.54. The minimum atomic E-state index is 0.294. The van der Waals surface area contributed by atoms with Gasteiger partial charge in [-0.25, -0.2) is 0 Å². The van der Waals surface area contributed by atoms with Crippen molar-refractivity contribution in [1.29, 1.82) is 0 Å². The molecule has 0 fully saturated rings. The van der Waals surface area contributed by atoms with Crippen LogP contribution < -0.4 is 10.1 Å². The fraction of sp³-hybridized carbons (Fsp3) is 0.455. The van der Waals surface area contributed by atoms with Gasteiger partial charge in [-0.1, -0.05) is 18.2 Å². The third-order valence-electron chi connectivity index (χ3n) is 2.69. The van der Waals surface area contributed by atoms with E-state index in [1.54, 1.807) is 0 Å². The van der Waals surface area contributed by atoms with E-state index in [-0.39, 0.29) is 0 Å². The lowest BCUT2D eigenvalue weighted by Gasteiger charge is -2.17. The maximum atomic E-state index is 5.80. The van der Waals surface area contributed by atoms with Crippen LogP contribution in [0.3, 0.4) is 0 Å². The molecular formula is C11H15NO. The molecule has 13 heavy (non-hydrogen) atoms. The zero-order chi connectivity index (χ0) is 9.26. The number of likely N-dealkylation sites (N-methyl/N-ethyl adjacent to an activating group) is 1. The molecule has 1 aliphatic heterocycles. The Morgan fingerprint density at radius 2 is 2.23 bits per heavy atom. The molecule has 0 aliphatic carbocycles. The Morgan fingerprint density at radius 1 is 1.46 bits per heavy atom. The van der Waals surface area contributed by atoms with Crippen molar-refractivity contribution < 1.29 is 4.74 Å². The summed E-state index contributed by atoms with van der Waals surface area (Å²) in [5.74, 6) is 1.05. The van der Waals surface area contributed by atoms with E-state index in [0.29, 0.717) is 12.1 Å². The summed E-state index contributed by atoms with van der Waals surface area (Å²) < 4.78 is 5.80. The van der Waals surface area contributed by atoms with E-state index in [2.05, 4.69) is 24.4 Å². The van der Waals surface area contributed by atoms with E-state index in [0.717, 1.165) is 12.2 Å². The summed E-state index contributed by atoms with van der Waals surface area (Å²) in [4.78, 5) is 0. The molecular weight excluding hydrogens is 162 g/mol. The second-order valence-electron chi connectivity index (χ2n) is 3.55. The molecule has 1 N–H and O–H groups in total. The normalized spacial score (nSPS) is 22.2. The van der Waals surface area contributed by atoms with E-state index in [1.165, 1.54) is 5.56 Å². The average molecular weight is 177 g/mol. The molecule has 0 radical (unpaired) electrons. The van der Waals surface area contributed by atoms with Crippen LogP contribution in [0.15, 0.2) is 24.3 Å². The van der Waals surface area contributed by atoms with Crippen molar-refractivity contribution in [2.24, 2.45) is 0 Å². The predicted octanol–water partition coefficient (Wildman–Crippen LogP) is 1.60. The van der Waals surface area contributed by atoms with Gasteiger partial charge >= 0.3 is 0 Å². The van der Waals surface area contributed by atoms with Gasteiger partial charge in [0.25, 0.3) is 0 Å². The Hall–Kier alpha value is -1.02. The Kier molecular flexibility index (Phi) is 2.23. The zero-order valence-electron chi connectivity index (χ0n) is 8.08. The van der Waals surface area contributed by atoms with Crippen molar-refractivity contribution in [2.45, 2.75) is 25.5 Å². The number of benzene rings is 1. The van der Waals surface area contributed by atoms with Crippen molar-refractivity contribution in [1.82, 2.24) is 5.32 Å². The molecule has 1 heterocycles. The number of fused-ring (bicyclic) bond motifs is 1. The van der Waals surface area contributed by atoms with Gasteiger partial charge in [0.1, 0.15) is 11.9 Å². The minimum absolute atomic E-state index is 0.294. The maximum Gasteiger partial charge on any atom is 0.123 e. The minimum Gasteiger partial charge on any atom is -0.488 e. The number of hydrogen-bond acceptors (Lipinski definition) is 2. The zero-order valence-corrected chi connectivity index (χ0v) is 8.08. The number of ether oxygens (including phenoxy) is 1. The van der Waals surface area contributed by atoms with Crippen LogP contribution in [0.1, 0.15) is 12.5 Å².